The van der Waals surface area contributed by atoms with Gasteiger partial charge in [0.1, 0.15) is 34.8 Å². The Morgan fingerprint density at radius 3 is 2.58 bits per heavy atom. The maximum atomic E-state index is 14.6. The number of rotatable bonds is 4. The third-order valence-electron chi connectivity index (χ3n) is 5.35. The lowest BCUT2D eigenvalue weighted by Crippen LogP contribution is -2.31. The Labute approximate surface area is 190 Å². The van der Waals surface area contributed by atoms with Gasteiger partial charge >= 0.3 is 0 Å². The molecule has 166 valence electrons. The molecular weight excluding hydrogens is 456 g/mol. The molecule has 0 aliphatic carbocycles. The van der Waals surface area contributed by atoms with Crippen LogP contribution in [0.2, 0.25) is 5.02 Å². The number of benzene rings is 2. The number of ketones is 1. The molecule has 0 saturated carbocycles. The van der Waals surface area contributed by atoms with E-state index in [1.807, 2.05) is 0 Å². The lowest BCUT2D eigenvalue weighted by Gasteiger charge is -2.25. The van der Waals surface area contributed by atoms with E-state index in [0.29, 0.717) is 21.8 Å². The van der Waals surface area contributed by atoms with E-state index in [2.05, 4.69) is 0 Å². The first kappa shape index (κ1) is 21.0. The Morgan fingerprint density at radius 1 is 1.06 bits per heavy atom. The highest BCUT2D eigenvalue weighted by Gasteiger charge is 2.47. The first-order chi connectivity index (χ1) is 15.7. The van der Waals surface area contributed by atoms with E-state index >= 15 is 0 Å². The lowest BCUT2D eigenvalue weighted by atomic mass is 9.99. The Bertz CT molecular complexity index is 1490. The third kappa shape index (κ3) is 3.39. The van der Waals surface area contributed by atoms with Crippen LogP contribution in [-0.4, -0.2) is 16.8 Å². The molecule has 0 fully saturated rings. The summed E-state index contributed by atoms with van der Waals surface area (Å²) in [6.45, 7) is 1.64. The molecule has 1 aliphatic rings. The Hall–Kier alpha value is -3.91. The monoisotopic (exact) mass is 469 g/mol. The summed E-state index contributed by atoms with van der Waals surface area (Å²) in [5.41, 5.74) is -0.474. The van der Waals surface area contributed by atoms with Gasteiger partial charge in [0.05, 0.1) is 11.3 Å². The van der Waals surface area contributed by atoms with Gasteiger partial charge in [-0.1, -0.05) is 11.6 Å². The van der Waals surface area contributed by atoms with Gasteiger partial charge in [-0.3, -0.25) is 14.5 Å². The number of hydrogen-bond donors (Lipinski definition) is 1. The molecule has 2 aromatic heterocycles. The summed E-state index contributed by atoms with van der Waals surface area (Å²) in [6, 6.07) is 10.4. The number of hydrogen-bond acceptors (Lipinski definition) is 5. The lowest BCUT2D eigenvalue weighted by molar-refractivity contribution is -0.117. The number of halogens is 3. The second-order valence-corrected chi connectivity index (χ2v) is 7.94. The zero-order valence-corrected chi connectivity index (χ0v) is 17.7. The predicted molar refractivity (Wildman–Crippen MR) is 115 cm³/mol. The number of carbonyl (C=O) groups excluding carboxylic acids is 2. The van der Waals surface area contributed by atoms with E-state index in [-0.39, 0.29) is 17.1 Å². The molecule has 3 heterocycles. The van der Waals surface area contributed by atoms with Crippen molar-refractivity contribution in [3.63, 3.8) is 0 Å². The molecule has 1 aliphatic heterocycles. The molecular formula is C24H14ClF2NO5. The fraction of sp³-hybridized carbons (Fsp3) is 0.0833. The first-order valence-corrected chi connectivity index (χ1v) is 10.1. The zero-order valence-electron chi connectivity index (χ0n) is 16.9. The van der Waals surface area contributed by atoms with Crippen molar-refractivity contribution in [1.29, 1.82) is 0 Å². The SMILES string of the molecule is Cc1ccc(C2C(C(=O)c3cc4cc(Cl)ccc4o3)=C(O)C(=O)N2c2cc(F)ccc2F)o1. The van der Waals surface area contributed by atoms with Crippen molar-refractivity contribution in [2.45, 2.75) is 13.0 Å². The fourth-order valence-corrected chi connectivity index (χ4v) is 4.07. The molecule has 9 heteroatoms. The highest BCUT2D eigenvalue weighted by Crippen LogP contribution is 2.43. The van der Waals surface area contributed by atoms with Crippen molar-refractivity contribution in [2.75, 3.05) is 4.90 Å². The minimum absolute atomic E-state index is 0.0797. The van der Waals surface area contributed by atoms with Crippen LogP contribution in [0.5, 0.6) is 0 Å². The van der Waals surface area contributed by atoms with Crippen LogP contribution >= 0.6 is 11.6 Å². The summed E-state index contributed by atoms with van der Waals surface area (Å²) < 4.78 is 39.8. The van der Waals surface area contributed by atoms with Gasteiger partial charge in [-0.2, -0.15) is 0 Å². The summed E-state index contributed by atoms with van der Waals surface area (Å²) in [6.07, 6.45) is 0. The molecule has 0 saturated heterocycles. The summed E-state index contributed by atoms with van der Waals surface area (Å²) in [5.74, 6) is -4.17. The molecule has 4 aromatic rings. The van der Waals surface area contributed by atoms with Crippen molar-refractivity contribution in [2.24, 2.45) is 0 Å². The van der Waals surface area contributed by atoms with Crippen LogP contribution in [0.25, 0.3) is 11.0 Å². The number of nitrogens with zero attached hydrogens (tertiary/aromatic N) is 1. The molecule has 1 N–H and O–H groups in total. The Kier molecular flexibility index (Phi) is 4.83. The van der Waals surface area contributed by atoms with Crippen LogP contribution in [0.3, 0.4) is 0 Å². The van der Waals surface area contributed by atoms with Gasteiger partial charge in [0.25, 0.3) is 5.91 Å². The van der Waals surface area contributed by atoms with Gasteiger partial charge in [-0.05, 0) is 55.5 Å². The quantitative estimate of drug-likeness (QED) is 0.368. The van der Waals surface area contributed by atoms with Crippen LogP contribution < -0.4 is 4.90 Å². The number of furan rings is 2. The van der Waals surface area contributed by atoms with Crippen LogP contribution in [0.1, 0.15) is 28.1 Å². The van der Waals surface area contributed by atoms with E-state index in [9.17, 15) is 23.5 Å². The topological polar surface area (TPSA) is 83.9 Å². The van der Waals surface area contributed by atoms with Crippen molar-refractivity contribution >= 4 is 39.9 Å². The number of aliphatic hydroxyl groups is 1. The predicted octanol–water partition coefficient (Wildman–Crippen LogP) is 6.05. The van der Waals surface area contributed by atoms with Gasteiger partial charge in [0.15, 0.2) is 11.5 Å². The second-order valence-electron chi connectivity index (χ2n) is 7.51. The van der Waals surface area contributed by atoms with Gasteiger partial charge in [-0.25, -0.2) is 8.78 Å². The maximum absolute atomic E-state index is 14.6. The maximum Gasteiger partial charge on any atom is 0.294 e. The molecule has 1 atom stereocenters. The van der Waals surface area contributed by atoms with Gasteiger partial charge in [-0.15, -0.1) is 0 Å². The number of amides is 1. The number of carbonyl (C=O) groups is 2. The minimum Gasteiger partial charge on any atom is -0.503 e. The number of aliphatic hydroxyl groups excluding tert-OH is 1. The van der Waals surface area contributed by atoms with E-state index in [1.165, 1.54) is 12.1 Å². The van der Waals surface area contributed by atoms with E-state index in [1.54, 1.807) is 31.2 Å². The standard InChI is InChI=1S/C24H14ClF2NO5/c1-11-2-6-18(32-11)21-20(22(29)19-9-12-8-13(25)3-7-17(12)33-19)23(30)24(31)28(21)16-10-14(26)4-5-15(16)27/h2-10,21,30H,1H3. The number of aryl methyl sites for hydroxylation is 1. The highest BCUT2D eigenvalue weighted by atomic mass is 35.5. The fourth-order valence-electron chi connectivity index (χ4n) is 3.88. The van der Waals surface area contributed by atoms with Crippen LogP contribution in [0.4, 0.5) is 14.5 Å². The van der Waals surface area contributed by atoms with Crippen LogP contribution in [-0.2, 0) is 4.79 Å². The normalized spacial score (nSPS) is 16.3. The van der Waals surface area contributed by atoms with E-state index in [4.69, 9.17) is 20.4 Å². The van der Waals surface area contributed by atoms with Crippen molar-refractivity contribution in [1.82, 2.24) is 0 Å². The molecule has 0 radical (unpaired) electrons. The molecule has 6 nitrogen and oxygen atoms in total. The van der Waals surface area contributed by atoms with Gasteiger partial charge in [0.2, 0.25) is 5.78 Å². The molecule has 1 unspecified atom stereocenters. The Morgan fingerprint density at radius 2 is 1.85 bits per heavy atom. The van der Waals surface area contributed by atoms with Crippen molar-refractivity contribution < 1.29 is 32.3 Å². The average Bonchev–Trinajstić information content (AvgIpc) is 3.46. The molecule has 0 spiro atoms. The zero-order chi connectivity index (χ0) is 23.4. The number of Topliss-reactive ketones (excluding diaryl/α,β-unsaturated/α-hetero) is 1. The van der Waals surface area contributed by atoms with Crippen LogP contribution in [0.15, 0.2) is 74.8 Å². The second kappa shape index (κ2) is 7.60. The third-order valence-corrected chi connectivity index (χ3v) is 5.59. The Balaban J connectivity index is 1.68. The number of fused-ring (bicyclic) bond motifs is 1. The smallest absolute Gasteiger partial charge is 0.294 e. The summed E-state index contributed by atoms with van der Waals surface area (Å²) in [5, 5.41) is 11.6. The molecule has 0 bridgehead atoms. The summed E-state index contributed by atoms with van der Waals surface area (Å²) >= 11 is 5.99. The molecule has 1 amide bonds. The first-order valence-electron chi connectivity index (χ1n) is 9.76. The molecule has 2 aromatic carbocycles. The van der Waals surface area contributed by atoms with E-state index < -0.39 is 40.8 Å². The largest absolute Gasteiger partial charge is 0.503 e. The van der Waals surface area contributed by atoms with Crippen LogP contribution in [0, 0.1) is 18.6 Å². The van der Waals surface area contributed by atoms with Crippen molar-refractivity contribution in [3.8, 4) is 0 Å². The summed E-state index contributed by atoms with van der Waals surface area (Å²) in [4.78, 5) is 27.2. The van der Waals surface area contributed by atoms with Gasteiger partial charge in [0, 0.05) is 16.5 Å². The van der Waals surface area contributed by atoms with Crippen molar-refractivity contribution in [3.05, 3.63) is 99.9 Å². The number of anilines is 1. The molecule has 5 rings (SSSR count). The van der Waals surface area contributed by atoms with Gasteiger partial charge < -0.3 is 13.9 Å². The average molecular weight is 470 g/mol. The highest BCUT2D eigenvalue weighted by molar-refractivity contribution is 6.31. The summed E-state index contributed by atoms with van der Waals surface area (Å²) in [7, 11) is 0. The minimum atomic E-state index is -1.35. The van der Waals surface area contributed by atoms with E-state index in [0.717, 1.165) is 23.1 Å². The molecule has 33 heavy (non-hydrogen) atoms.